The molecule has 46 heavy (non-hydrogen) atoms. The van der Waals surface area contributed by atoms with Crippen molar-refractivity contribution >= 4 is 21.7 Å². The van der Waals surface area contributed by atoms with Gasteiger partial charge in [-0.2, -0.15) is 0 Å². The number of hydrogen-bond acceptors (Lipinski definition) is 0. The summed E-state index contributed by atoms with van der Waals surface area (Å²) in [4.78, 5) is 0. The zero-order chi connectivity index (χ0) is 33.8. The van der Waals surface area contributed by atoms with E-state index in [0.29, 0.717) is 48.1 Å². The van der Waals surface area contributed by atoms with Crippen LogP contribution in [0.25, 0.3) is 12.2 Å². The predicted molar refractivity (Wildman–Crippen MR) is 207 cm³/mol. The van der Waals surface area contributed by atoms with Crippen molar-refractivity contribution in [2.75, 3.05) is 0 Å². The molecule has 2 heteroatoms. The molecule has 0 bridgehead atoms. The molecule has 0 N–H and O–H groups in total. The third-order valence-electron chi connectivity index (χ3n) is 11.3. The maximum atomic E-state index is 2.66. The van der Waals surface area contributed by atoms with Crippen LogP contribution in [0.4, 0.5) is 0 Å². The SMILES string of the molecule is C1CC[SiH2]C1.CCC[CH2][Zr][C](CCC)(C1C(C)=Cc2c(C(C)C)cc(C(C)C)cc21)C1C(C)=Cc2c(C(C)C)cc(C(C)C)cc21. The van der Waals surface area contributed by atoms with Gasteiger partial charge in [-0.15, -0.1) is 0 Å². The van der Waals surface area contributed by atoms with Crippen LogP contribution < -0.4 is 0 Å². The normalized spacial score (nSPS) is 20.1. The van der Waals surface area contributed by atoms with Crippen molar-refractivity contribution in [2.24, 2.45) is 0 Å². The van der Waals surface area contributed by atoms with Gasteiger partial charge >= 0.3 is 267 Å². The second-order valence-corrected chi connectivity index (χ2v) is 22.8. The summed E-state index contributed by atoms with van der Waals surface area (Å²) in [5, 5.41) is 0. The van der Waals surface area contributed by atoms with Crippen LogP contribution in [0.15, 0.2) is 35.4 Å². The molecular weight excluding hydrogens is 648 g/mol. The van der Waals surface area contributed by atoms with E-state index in [2.05, 4.69) is 120 Å². The zero-order valence-electron chi connectivity index (χ0n) is 32.0. The van der Waals surface area contributed by atoms with Crippen molar-refractivity contribution in [1.82, 2.24) is 0 Å². The Labute approximate surface area is 299 Å². The summed E-state index contributed by atoms with van der Waals surface area (Å²) in [5.74, 6) is 3.28. The van der Waals surface area contributed by atoms with Crippen LogP contribution in [0.2, 0.25) is 19.3 Å². The number of hydrogen-bond donors (Lipinski definition) is 0. The van der Waals surface area contributed by atoms with E-state index in [4.69, 9.17) is 0 Å². The molecule has 0 radical (unpaired) electrons. The average molecular weight is 716 g/mol. The van der Waals surface area contributed by atoms with Crippen molar-refractivity contribution in [3.05, 3.63) is 79.9 Å². The molecule has 0 spiro atoms. The van der Waals surface area contributed by atoms with E-state index in [-0.39, 0.29) is 0 Å². The first-order chi connectivity index (χ1) is 21.9. The first kappa shape index (κ1) is 37.8. The van der Waals surface area contributed by atoms with E-state index >= 15 is 0 Å². The Hall–Kier alpha value is -0.980. The van der Waals surface area contributed by atoms with Gasteiger partial charge < -0.3 is 0 Å². The second kappa shape index (κ2) is 16.6. The van der Waals surface area contributed by atoms with E-state index in [1.165, 1.54) is 40.9 Å². The van der Waals surface area contributed by atoms with Crippen LogP contribution in [0.1, 0.15) is 202 Å². The van der Waals surface area contributed by atoms with Crippen LogP contribution >= 0.6 is 0 Å². The topological polar surface area (TPSA) is 0 Å². The molecule has 1 aliphatic heterocycles. The summed E-state index contributed by atoms with van der Waals surface area (Å²) < 4.78 is 1.83. The molecule has 5 rings (SSSR count). The summed E-state index contributed by atoms with van der Waals surface area (Å²) in [6.45, 7) is 29.0. The van der Waals surface area contributed by atoms with E-state index in [1.54, 1.807) is 69.5 Å². The minimum absolute atomic E-state index is 0.346. The maximum absolute atomic E-state index is 2.66. The number of rotatable bonds is 12. The number of fused-ring (bicyclic) bond motifs is 2. The van der Waals surface area contributed by atoms with Gasteiger partial charge in [0.05, 0.1) is 0 Å². The molecule has 2 aliphatic carbocycles. The number of unbranched alkanes of at least 4 members (excludes halogenated alkanes) is 1. The van der Waals surface area contributed by atoms with Gasteiger partial charge in [-0.1, -0.05) is 24.9 Å². The molecule has 1 fully saturated rings. The zero-order valence-corrected chi connectivity index (χ0v) is 35.9. The second-order valence-electron chi connectivity index (χ2n) is 16.3. The monoisotopic (exact) mass is 714 g/mol. The molecule has 252 valence electrons. The molecule has 0 saturated carbocycles. The molecule has 0 amide bonds. The molecule has 3 aliphatic rings. The van der Waals surface area contributed by atoms with Gasteiger partial charge in [-0.3, -0.25) is 0 Å². The average Bonchev–Trinajstić information content (AvgIpc) is 3.75. The first-order valence-electron chi connectivity index (χ1n) is 19.3. The molecular formula is C44H68SiZr. The summed E-state index contributed by atoms with van der Waals surface area (Å²) in [6, 6.07) is 13.7. The number of allylic oxidation sites excluding steroid dienone is 2. The Morgan fingerprint density at radius 3 is 1.46 bits per heavy atom. The van der Waals surface area contributed by atoms with E-state index in [1.807, 2.05) is 0 Å². The van der Waals surface area contributed by atoms with Crippen LogP contribution in [-0.4, -0.2) is 9.52 Å². The fourth-order valence-corrected chi connectivity index (χ4v) is 17.1. The Bertz CT molecular complexity index is 1280. The summed E-state index contributed by atoms with van der Waals surface area (Å²) in [6.07, 6.45) is 13.7. The Balaban J connectivity index is 0.000000874. The van der Waals surface area contributed by atoms with Crippen molar-refractivity contribution in [2.45, 2.75) is 176 Å². The molecule has 2 aromatic rings. The van der Waals surface area contributed by atoms with Gasteiger partial charge in [0.25, 0.3) is 0 Å². The fourth-order valence-electron chi connectivity index (χ4n) is 8.90. The van der Waals surface area contributed by atoms with Crippen molar-refractivity contribution in [3.63, 3.8) is 0 Å². The van der Waals surface area contributed by atoms with Crippen molar-refractivity contribution < 1.29 is 23.2 Å². The third-order valence-corrected chi connectivity index (χ3v) is 18.5. The van der Waals surface area contributed by atoms with Gasteiger partial charge in [0, 0.05) is 9.52 Å². The van der Waals surface area contributed by atoms with Gasteiger partial charge in [0.2, 0.25) is 0 Å². The van der Waals surface area contributed by atoms with E-state index in [0.717, 1.165) is 0 Å². The fraction of sp³-hybridized carbons (Fsp3) is 0.636. The van der Waals surface area contributed by atoms with Crippen molar-refractivity contribution in [1.29, 1.82) is 0 Å². The third kappa shape index (κ3) is 7.91. The molecule has 0 aromatic heterocycles. The quantitative estimate of drug-likeness (QED) is 0.152. The molecule has 2 aromatic carbocycles. The van der Waals surface area contributed by atoms with Crippen LogP contribution in [0.3, 0.4) is 0 Å². The predicted octanol–water partition coefficient (Wildman–Crippen LogP) is 13.9. The first-order valence-corrected chi connectivity index (χ1v) is 24.3. The van der Waals surface area contributed by atoms with E-state index < -0.39 is 23.2 Å². The van der Waals surface area contributed by atoms with Gasteiger partial charge in [0.15, 0.2) is 0 Å². The standard InChI is InChI=1S/C36H49.C4H10Si.C4H9.Zr/c1-12-13-28(35-24(10)14-31-29(22(6)7)16-26(20(2)3)18-33(31)35)36-25(11)15-32-30(23(8)9)17-27(21(4)5)19-34(32)36;1-2-4-5-3-1;1-3-4-2;/h14-23,35-36H,12-13H2,1-11H3;1-5H2;1,3-4H2,2H3;. The van der Waals surface area contributed by atoms with Crippen LogP contribution in [0.5, 0.6) is 0 Å². The molecule has 1 saturated heterocycles. The summed E-state index contributed by atoms with van der Waals surface area (Å²) >= 11 is -0.796. The van der Waals surface area contributed by atoms with E-state index in [9.17, 15) is 0 Å². The van der Waals surface area contributed by atoms with Gasteiger partial charge in [0.1, 0.15) is 0 Å². The van der Waals surface area contributed by atoms with Gasteiger partial charge in [-0.05, 0) is 0 Å². The Morgan fingerprint density at radius 2 is 1.13 bits per heavy atom. The molecule has 2 unspecified atom stereocenters. The minimum atomic E-state index is -0.796. The summed E-state index contributed by atoms with van der Waals surface area (Å²) in [7, 11) is 0.543. The molecule has 2 atom stereocenters. The molecule has 1 heterocycles. The summed E-state index contributed by atoms with van der Waals surface area (Å²) in [5.41, 5.74) is 16.0. The Kier molecular flexibility index (Phi) is 13.7. The number of benzene rings is 2. The van der Waals surface area contributed by atoms with Crippen LogP contribution in [0, 0.1) is 0 Å². The molecule has 0 nitrogen and oxygen atoms in total. The Morgan fingerprint density at radius 1 is 0.674 bits per heavy atom. The van der Waals surface area contributed by atoms with Crippen molar-refractivity contribution in [3.8, 4) is 0 Å². The van der Waals surface area contributed by atoms with Gasteiger partial charge in [-0.25, -0.2) is 0 Å². The van der Waals surface area contributed by atoms with Crippen LogP contribution in [-0.2, 0) is 23.2 Å².